The molecule has 122 valence electrons. The molecule has 2 aliphatic rings. The molecule has 0 aromatic carbocycles. The molecule has 0 aromatic rings. The van der Waals surface area contributed by atoms with Crippen molar-refractivity contribution in [3.8, 4) is 0 Å². The Morgan fingerprint density at radius 1 is 1.38 bits per heavy atom. The van der Waals surface area contributed by atoms with Gasteiger partial charge in [-0.1, -0.05) is 27.2 Å². The summed E-state index contributed by atoms with van der Waals surface area (Å²) in [7, 11) is 0. The number of hydrogen-bond donors (Lipinski definition) is 2. The quantitative estimate of drug-likeness (QED) is 0.687. The molecule has 2 saturated carbocycles. The molecule has 2 unspecified atom stereocenters. The highest BCUT2D eigenvalue weighted by atomic mass is 16.4. The van der Waals surface area contributed by atoms with E-state index in [0.29, 0.717) is 5.92 Å². The van der Waals surface area contributed by atoms with E-state index in [-0.39, 0.29) is 5.92 Å². The molecule has 0 bridgehead atoms. The fraction of sp³-hybridized carbons (Fsp3) is 0.941. The normalized spacial score (nSPS) is 29.5. The van der Waals surface area contributed by atoms with Gasteiger partial charge in [0, 0.05) is 12.6 Å². The van der Waals surface area contributed by atoms with E-state index in [2.05, 4.69) is 24.1 Å². The van der Waals surface area contributed by atoms with Crippen LogP contribution in [0.15, 0.2) is 0 Å². The van der Waals surface area contributed by atoms with Crippen LogP contribution in [0.4, 0.5) is 0 Å². The number of nitrogens with one attached hydrogen (secondary N) is 1. The summed E-state index contributed by atoms with van der Waals surface area (Å²) in [5.74, 6) is 0.323. The van der Waals surface area contributed by atoms with Gasteiger partial charge in [0.2, 0.25) is 0 Å². The summed E-state index contributed by atoms with van der Waals surface area (Å²) in [6.45, 7) is 9.50. The lowest BCUT2D eigenvalue weighted by Gasteiger charge is -2.34. The van der Waals surface area contributed by atoms with Crippen molar-refractivity contribution in [3.63, 3.8) is 0 Å². The van der Waals surface area contributed by atoms with Crippen LogP contribution in [0.5, 0.6) is 0 Å². The predicted octanol–water partition coefficient (Wildman–Crippen LogP) is 2.73. The minimum Gasteiger partial charge on any atom is -0.480 e. The summed E-state index contributed by atoms with van der Waals surface area (Å²) in [5, 5.41) is 13.0. The van der Waals surface area contributed by atoms with E-state index in [1.54, 1.807) is 0 Å². The Labute approximate surface area is 129 Å². The SMILES string of the molecule is CCNC1(C(=O)O)CCCC1CCN(CC(C)C)C1CC1. The molecule has 2 aliphatic carbocycles. The van der Waals surface area contributed by atoms with Crippen molar-refractivity contribution < 1.29 is 9.90 Å². The lowest BCUT2D eigenvalue weighted by Crippen LogP contribution is -2.55. The molecular formula is C17H32N2O2. The smallest absolute Gasteiger partial charge is 0.324 e. The van der Waals surface area contributed by atoms with Crippen LogP contribution in [0.2, 0.25) is 0 Å². The van der Waals surface area contributed by atoms with Gasteiger partial charge >= 0.3 is 5.97 Å². The Morgan fingerprint density at radius 2 is 2.10 bits per heavy atom. The van der Waals surface area contributed by atoms with Crippen molar-refractivity contribution in [2.75, 3.05) is 19.6 Å². The van der Waals surface area contributed by atoms with E-state index in [1.165, 1.54) is 12.8 Å². The topological polar surface area (TPSA) is 52.6 Å². The molecule has 0 heterocycles. The first kappa shape index (κ1) is 16.8. The molecule has 2 N–H and O–H groups in total. The van der Waals surface area contributed by atoms with Crippen LogP contribution in [0.25, 0.3) is 0 Å². The number of aliphatic carboxylic acids is 1. The third-order valence-electron chi connectivity index (χ3n) is 5.12. The number of carbonyl (C=O) groups is 1. The average molecular weight is 296 g/mol. The second kappa shape index (κ2) is 7.10. The van der Waals surface area contributed by atoms with Crippen molar-refractivity contribution in [1.82, 2.24) is 10.2 Å². The van der Waals surface area contributed by atoms with Gasteiger partial charge in [-0.15, -0.1) is 0 Å². The summed E-state index contributed by atoms with van der Waals surface area (Å²) in [6, 6.07) is 0.771. The maximum Gasteiger partial charge on any atom is 0.324 e. The van der Waals surface area contributed by atoms with E-state index in [4.69, 9.17) is 0 Å². The maximum atomic E-state index is 11.8. The van der Waals surface area contributed by atoms with Crippen LogP contribution in [0.1, 0.15) is 59.3 Å². The molecule has 21 heavy (non-hydrogen) atoms. The zero-order chi connectivity index (χ0) is 15.5. The maximum absolute atomic E-state index is 11.8. The monoisotopic (exact) mass is 296 g/mol. The fourth-order valence-corrected chi connectivity index (χ4v) is 4.03. The number of hydrogen-bond acceptors (Lipinski definition) is 3. The van der Waals surface area contributed by atoms with Crippen LogP contribution in [-0.2, 0) is 4.79 Å². The molecule has 2 fully saturated rings. The lowest BCUT2D eigenvalue weighted by molar-refractivity contribution is -0.146. The van der Waals surface area contributed by atoms with Gasteiger partial charge in [-0.05, 0) is 57.0 Å². The molecule has 0 aliphatic heterocycles. The predicted molar refractivity (Wildman–Crippen MR) is 85.4 cm³/mol. The van der Waals surface area contributed by atoms with Crippen molar-refractivity contribution in [2.45, 2.75) is 70.9 Å². The second-order valence-electron chi connectivity index (χ2n) is 7.30. The molecule has 0 aromatic heterocycles. The van der Waals surface area contributed by atoms with Crippen LogP contribution in [-0.4, -0.2) is 47.2 Å². The number of rotatable bonds is 9. The number of likely N-dealkylation sites (N-methyl/N-ethyl adjacent to an activating group) is 1. The van der Waals surface area contributed by atoms with E-state index in [1.807, 2.05) is 6.92 Å². The molecule has 4 heteroatoms. The molecule has 0 spiro atoms. The summed E-state index contributed by atoms with van der Waals surface area (Å²) < 4.78 is 0. The van der Waals surface area contributed by atoms with Gasteiger partial charge in [0.05, 0.1) is 0 Å². The molecular weight excluding hydrogens is 264 g/mol. The van der Waals surface area contributed by atoms with Crippen LogP contribution >= 0.6 is 0 Å². The van der Waals surface area contributed by atoms with Gasteiger partial charge in [0.25, 0.3) is 0 Å². The summed E-state index contributed by atoms with van der Waals surface area (Å²) in [6.07, 6.45) is 6.55. The largest absolute Gasteiger partial charge is 0.480 e. The second-order valence-corrected chi connectivity index (χ2v) is 7.30. The Kier molecular flexibility index (Phi) is 5.67. The molecule has 4 nitrogen and oxygen atoms in total. The van der Waals surface area contributed by atoms with Gasteiger partial charge < -0.3 is 15.3 Å². The highest BCUT2D eigenvalue weighted by Gasteiger charge is 2.48. The summed E-state index contributed by atoms with van der Waals surface area (Å²) >= 11 is 0. The van der Waals surface area contributed by atoms with Gasteiger partial charge in [0.15, 0.2) is 0 Å². The van der Waals surface area contributed by atoms with Crippen LogP contribution in [0, 0.1) is 11.8 Å². The minimum atomic E-state index is -0.665. The first-order valence-electron chi connectivity index (χ1n) is 8.72. The molecule has 0 amide bonds. The van der Waals surface area contributed by atoms with Crippen molar-refractivity contribution in [2.24, 2.45) is 11.8 Å². The Balaban J connectivity index is 1.94. The average Bonchev–Trinajstić information content (AvgIpc) is 3.17. The molecule has 2 rings (SSSR count). The lowest BCUT2D eigenvalue weighted by atomic mass is 9.84. The Morgan fingerprint density at radius 3 is 2.62 bits per heavy atom. The molecule has 0 radical (unpaired) electrons. The van der Waals surface area contributed by atoms with Crippen molar-refractivity contribution >= 4 is 5.97 Å². The van der Waals surface area contributed by atoms with E-state index in [0.717, 1.165) is 51.4 Å². The van der Waals surface area contributed by atoms with Gasteiger partial charge in [-0.2, -0.15) is 0 Å². The Hall–Kier alpha value is -0.610. The van der Waals surface area contributed by atoms with E-state index >= 15 is 0 Å². The molecule has 0 saturated heterocycles. The zero-order valence-electron chi connectivity index (χ0n) is 13.9. The summed E-state index contributed by atoms with van der Waals surface area (Å²) in [4.78, 5) is 14.4. The van der Waals surface area contributed by atoms with Crippen LogP contribution in [0.3, 0.4) is 0 Å². The third kappa shape index (κ3) is 3.98. The van der Waals surface area contributed by atoms with Crippen molar-refractivity contribution in [3.05, 3.63) is 0 Å². The zero-order valence-corrected chi connectivity index (χ0v) is 13.9. The Bertz CT molecular complexity index is 355. The molecule has 2 atom stereocenters. The van der Waals surface area contributed by atoms with E-state index < -0.39 is 11.5 Å². The summed E-state index contributed by atoms with van der Waals surface area (Å²) in [5.41, 5.74) is -0.665. The van der Waals surface area contributed by atoms with E-state index in [9.17, 15) is 9.90 Å². The third-order valence-corrected chi connectivity index (χ3v) is 5.12. The van der Waals surface area contributed by atoms with Crippen LogP contribution < -0.4 is 5.32 Å². The first-order chi connectivity index (χ1) is 9.99. The number of carboxylic acid groups (broad SMARTS) is 1. The fourth-order valence-electron chi connectivity index (χ4n) is 4.03. The van der Waals surface area contributed by atoms with Gasteiger partial charge in [-0.3, -0.25) is 4.79 Å². The highest BCUT2D eigenvalue weighted by molar-refractivity contribution is 5.79. The number of carboxylic acids is 1. The van der Waals surface area contributed by atoms with Crippen molar-refractivity contribution in [1.29, 1.82) is 0 Å². The minimum absolute atomic E-state index is 0.281. The standard InChI is InChI=1S/C17H32N2O2/c1-4-18-17(16(20)21)10-5-6-14(17)9-11-19(12-13(2)3)15-7-8-15/h13-15,18H,4-12H2,1-3H3,(H,20,21). The van der Waals surface area contributed by atoms with Gasteiger partial charge in [0.1, 0.15) is 5.54 Å². The number of nitrogens with zero attached hydrogens (tertiary/aromatic N) is 1. The first-order valence-corrected chi connectivity index (χ1v) is 8.72. The van der Waals surface area contributed by atoms with Gasteiger partial charge in [-0.25, -0.2) is 0 Å². The highest BCUT2D eigenvalue weighted by Crippen LogP contribution is 2.39.